The Morgan fingerprint density at radius 1 is 0.674 bits per heavy atom. The minimum absolute atomic E-state index is 0. The van der Waals surface area contributed by atoms with Gasteiger partial charge in [0.2, 0.25) is 0 Å². The van der Waals surface area contributed by atoms with Crippen LogP contribution in [0.3, 0.4) is 0 Å². The molecule has 0 saturated carbocycles. The molecule has 43 heavy (non-hydrogen) atoms. The zero-order chi connectivity index (χ0) is 30.3. The van der Waals surface area contributed by atoms with E-state index in [-0.39, 0.29) is 35.9 Å². The SMILES string of the molecule is C=CC1=C(C)c2cc3[n-]c(cc4[n-]c(cc5nc(cc1n2)C(C)=C5C=C)c(C)c4CCC(=O)O)c(CCC(=O)O)c3C.[Mg+2]. The van der Waals surface area contributed by atoms with E-state index in [1.807, 2.05) is 52.0 Å². The van der Waals surface area contributed by atoms with Crippen molar-refractivity contribution >= 4 is 79.4 Å². The Labute approximate surface area is 266 Å². The van der Waals surface area contributed by atoms with Gasteiger partial charge in [0.05, 0.1) is 22.8 Å². The van der Waals surface area contributed by atoms with Gasteiger partial charge >= 0.3 is 35.0 Å². The van der Waals surface area contributed by atoms with E-state index >= 15 is 0 Å². The number of rotatable bonds is 8. The van der Waals surface area contributed by atoms with Crippen molar-refractivity contribution in [1.82, 2.24) is 19.9 Å². The molecule has 2 N–H and O–H groups in total. The summed E-state index contributed by atoms with van der Waals surface area (Å²) in [5, 5.41) is 18.9. The molecule has 0 unspecified atom stereocenters. The molecule has 2 aliphatic heterocycles. The molecule has 8 nitrogen and oxygen atoms in total. The molecule has 2 aliphatic rings. The van der Waals surface area contributed by atoms with E-state index in [1.165, 1.54) is 0 Å². The van der Waals surface area contributed by atoms with Crippen molar-refractivity contribution < 1.29 is 19.8 Å². The van der Waals surface area contributed by atoms with Crippen LogP contribution in [0.2, 0.25) is 0 Å². The summed E-state index contributed by atoms with van der Waals surface area (Å²) in [5.41, 5.74) is 12.6. The van der Waals surface area contributed by atoms with Crippen LogP contribution in [-0.4, -0.2) is 55.2 Å². The van der Waals surface area contributed by atoms with Gasteiger partial charge in [0.15, 0.2) is 0 Å². The molecule has 5 rings (SSSR count). The predicted molar refractivity (Wildman–Crippen MR) is 171 cm³/mol. The third kappa shape index (κ3) is 6.00. The molecule has 3 aromatic rings. The number of carboxylic acid groups (broad SMARTS) is 2. The third-order valence-electron chi connectivity index (χ3n) is 8.06. The van der Waals surface area contributed by atoms with E-state index in [0.29, 0.717) is 40.6 Å². The molecule has 8 bridgehead atoms. The summed E-state index contributed by atoms with van der Waals surface area (Å²) >= 11 is 0. The standard InChI is InChI=1S/C34H34N4O4.Mg/c1-7-21-17(3)25-13-26-19(5)23(9-11-33(39)40)31(37-26)16-32-24(10-12-34(41)42)20(6)28(38-32)15-30-22(8-2)18(4)27(36-30)14-29(21)35-25;/h7-8,13-16H,1-2,9-12H2,3-6H3,(H4,35,36,37,38,39,40,41,42);/q;+2/p-2. The molecule has 214 valence electrons. The van der Waals surface area contributed by atoms with Gasteiger partial charge in [-0.15, -0.1) is 22.1 Å². The van der Waals surface area contributed by atoms with Gasteiger partial charge in [-0.1, -0.05) is 65.8 Å². The smallest absolute Gasteiger partial charge is 0.657 e. The monoisotopic (exact) mass is 584 g/mol. The Balaban J connectivity index is 0.00000423. The summed E-state index contributed by atoms with van der Waals surface area (Å²) in [6.45, 7) is 15.9. The first-order valence-electron chi connectivity index (χ1n) is 13.8. The number of aliphatic carboxylic acids is 2. The number of allylic oxidation sites excluding steroid dienone is 6. The zero-order valence-electron chi connectivity index (χ0n) is 24.9. The van der Waals surface area contributed by atoms with E-state index < -0.39 is 11.9 Å². The Morgan fingerprint density at radius 3 is 1.49 bits per heavy atom. The predicted octanol–water partition coefficient (Wildman–Crippen LogP) is 6.08. The number of fused-ring (bicyclic) bond motifs is 8. The molecule has 5 heterocycles. The Kier molecular flexibility index (Phi) is 9.27. The maximum atomic E-state index is 11.5. The third-order valence-corrected chi connectivity index (χ3v) is 8.06. The van der Waals surface area contributed by atoms with E-state index in [0.717, 1.165) is 61.6 Å². The number of carboxylic acids is 2. The van der Waals surface area contributed by atoms with Crippen LogP contribution in [0.1, 0.15) is 71.7 Å². The summed E-state index contributed by atoms with van der Waals surface area (Å²) in [6, 6.07) is 7.62. The summed E-state index contributed by atoms with van der Waals surface area (Å²) in [5.74, 6) is -1.80. The van der Waals surface area contributed by atoms with E-state index in [4.69, 9.17) is 19.9 Å². The van der Waals surface area contributed by atoms with Crippen molar-refractivity contribution in [3.8, 4) is 0 Å². The van der Waals surface area contributed by atoms with E-state index in [9.17, 15) is 19.8 Å². The van der Waals surface area contributed by atoms with Gasteiger partial charge in [-0.3, -0.25) is 9.59 Å². The number of carbonyl (C=O) groups is 2. The molecular formula is C34H32MgN4O4. The Hall–Kier alpha value is -4.21. The second-order valence-electron chi connectivity index (χ2n) is 10.6. The molecule has 0 aromatic carbocycles. The maximum absolute atomic E-state index is 11.5. The second-order valence-corrected chi connectivity index (χ2v) is 10.6. The van der Waals surface area contributed by atoms with Gasteiger partial charge in [-0.25, -0.2) is 9.97 Å². The molecular weight excluding hydrogens is 553 g/mol. The van der Waals surface area contributed by atoms with Crippen molar-refractivity contribution in [3.05, 3.63) is 94.6 Å². The average molecular weight is 585 g/mol. The van der Waals surface area contributed by atoms with Gasteiger partial charge in [0.25, 0.3) is 0 Å². The van der Waals surface area contributed by atoms with E-state index in [2.05, 4.69) is 13.2 Å². The van der Waals surface area contributed by atoms with Crippen molar-refractivity contribution in [2.45, 2.75) is 53.4 Å². The minimum atomic E-state index is -0.898. The summed E-state index contributed by atoms with van der Waals surface area (Å²) in [7, 11) is 0. The Bertz CT molecular complexity index is 1920. The summed E-state index contributed by atoms with van der Waals surface area (Å²) in [4.78, 5) is 42.7. The molecule has 0 radical (unpaired) electrons. The van der Waals surface area contributed by atoms with Crippen LogP contribution in [-0.2, 0) is 22.4 Å². The van der Waals surface area contributed by atoms with Crippen LogP contribution in [0, 0.1) is 13.8 Å². The van der Waals surface area contributed by atoms with Crippen molar-refractivity contribution in [2.75, 3.05) is 0 Å². The van der Waals surface area contributed by atoms with Crippen LogP contribution < -0.4 is 9.97 Å². The average Bonchev–Trinajstić information content (AvgIpc) is 3.59. The molecule has 3 aromatic heterocycles. The molecule has 0 spiro atoms. The van der Waals surface area contributed by atoms with Crippen LogP contribution in [0.4, 0.5) is 0 Å². The number of hydrogen-bond donors (Lipinski definition) is 2. The molecule has 0 amide bonds. The normalized spacial score (nSPS) is 12.7. The molecule has 0 aliphatic carbocycles. The summed E-state index contributed by atoms with van der Waals surface area (Å²) in [6.07, 6.45) is 4.06. The van der Waals surface area contributed by atoms with Crippen molar-refractivity contribution in [3.63, 3.8) is 0 Å². The quantitative estimate of drug-likeness (QED) is 0.305. The molecule has 0 saturated heterocycles. The second kappa shape index (κ2) is 12.6. The van der Waals surface area contributed by atoms with Gasteiger partial charge in [0.1, 0.15) is 0 Å². The van der Waals surface area contributed by atoms with Crippen LogP contribution in [0.5, 0.6) is 0 Å². The maximum Gasteiger partial charge on any atom is 2.00 e. The first-order valence-corrected chi connectivity index (χ1v) is 13.8. The van der Waals surface area contributed by atoms with Crippen LogP contribution in [0.25, 0.3) is 44.4 Å². The fraction of sp³-hybridized carbons (Fsp3) is 0.235. The zero-order valence-corrected chi connectivity index (χ0v) is 26.3. The Morgan fingerprint density at radius 2 is 1.07 bits per heavy atom. The fourth-order valence-corrected chi connectivity index (χ4v) is 5.61. The largest absolute Gasteiger partial charge is 2.00 e. The van der Waals surface area contributed by atoms with Crippen LogP contribution in [0.15, 0.2) is 49.6 Å². The van der Waals surface area contributed by atoms with Gasteiger partial charge in [0, 0.05) is 24.0 Å². The van der Waals surface area contributed by atoms with E-state index in [1.54, 1.807) is 12.2 Å². The number of nitrogens with zero attached hydrogens (tertiary/aromatic N) is 4. The number of aryl methyl sites for hydroxylation is 4. The topological polar surface area (TPSA) is 129 Å². The van der Waals surface area contributed by atoms with Crippen molar-refractivity contribution in [1.29, 1.82) is 0 Å². The number of hydrogen-bond acceptors (Lipinski definition) is 4. The minimum Gasteiger partial charge on any atom is -0.657 e. The van der Waals surface area contributed by atoms with Crippen LogP contribution >= 0.6 is 0 Å². The number of aromatic nitrogens is 4. The molecule has 9 heteroatoms. The fourth-order valence-electron chi connectivity index (χ4n) is 5.61. The van der Waals surface area contributed by atoms with Gasteiger partial charge < -0.3 is 20.2 Å². The molecule has 0 atom stereocenters. The first kappa shape index (κ1) is 31.7. The summed E-state index contributed by atoms with van der Waals surface area (Å²) < 4.78 is 0. The van der Waals surface area contributed by atoms with Crippen molar-refractivity contribution in [2.24, 2.45) is 0 Å². The molecule has 0 fully saturated rings. The first-order chi connectivity index (χ1) is 20.0. The van der Waals surface area contributed by atoms with Gasteiger partial charge in [-0.2, -0.15) is 0 Å². The van der Waals surface area contributed by atoms with Gasteiger partial charge in [-0.05, 0) is 57.7 Å².